The Balaban J connectivity index is 1.99. The Bertz CT molecular complexity index is 1110. The maximum atomic E-state index is 12.9. The summed E-state index contributed by atoms with van der Waals surface area (Å²) in [5, 5.41) is 0. The van der Waals surface area contributed by atoms with Crippen LogP contribution in [0.5, 0.6) is 0 Å². The molecule has 1 aliphatic heterocycles. The molecule has 7 nitrogen and oxygen atoms in total. The Kier molecular flexibility index (Phi) is 4.22. The van der Waals surface area contributed by atoms with Crippen LogP contribution >= 0.6 is 15.9 Å². The third kappa shape index (κ3) is 2.68. The van der Waals surface area contributed by atoms with Gasteiger partial charge in [-0.25, -0.2) is 4.79 Å². The van der Waals surface area contributed by atoms with Crippen molar-refractivity contribution in [1.82, 2.24) is 18.7 Å². The second kappa shape index (κ2) is 6.42. The summed E-state index contributed by atoms with van der Waals surface area (Å²) >= 11 is 3.50. The highest BCUT2D eigenvalue weighted by molar-refractivity contribution is 9.10. The van der Waals surface area contributed by atoms with E-state index < -0.39 is 0 Å². The van der Waals surface area contributed by atoms with E-state index in [0.717, 1.165) is 46.5 Å². The van der Waals surface area contributed by atoms with Crippen molar-refractivity contribution in [2.45, 2.75) is 19.4 Å². The molecule has 0 saturated carbocycles. The van der Waals surface area contributed by atoms with Gasteiger partial charge in [-0.2, -0.15) is 4.98 Å². The lowest BCUT2D eigenvalue weighted by atomic mass is 10.2. The molecule has 1 aliphatic rings. The van der Waals surface area contributed by atoms with Crippen molar-refractivity contribution in [1.29, 1.82) is 0 Å². The molecular formula is C18H20BrN5O2. The predicted molar refractivity (Wildman–Crippen MR) is 105 cm³/mol. The lowest BCUT2D eigenvalue weighted by molar-refractivity contribution is 0.701. The maximum Gasteiger partial charge on any atom is 0.332 e. The lowest BCUT2D eigenvalue weighted by Gasteiger charge is -2.18. The number of halogens is 1. The molecule has 0 atom stereocenters. The van der Waals surface area contributed by atoms with Gasteiger partial charge in [-0.1, -0.05) is 28.1 Å². The van der Waals surface area contributed by atoms with Gasteiger partial charge in [0, 0.05) is 31.7 Å². The van der Waals surface area contributed by atoms with E-state index in [1.165, 1.54) is 11.6 Å². The number of benzene rings is 1. The van der Waals surface area contributed by atoms with E-state index in [9.17, 15) is 9.59 Å². The predicted octanol–water partition coefficient (Wildman–Crippen LogP) is 1.84. The summed E-state index contributed by atoms with van der Waals surface area (Å²) in [7, 11) is 3.17. The van der Waals surface area contributed by atoms with Crippen LogP contribution in [0.1, 0.15) is 18.4 Å². The van der Waals surface area contributed by atoms with Gasteiger partial charge in [0.15, 0.2) is 11.2 Å². The van der Waals surface area contributed by atoms with E-state index in [0.29, 0.717) is 17.7 Å². The van der Waals surface area contributed by atoms with Crippen LogP contribution in [0.25, 0.3) is 11.2 Å². The molecule has 2 aromatic heterocycles. The van der Waals surface area contributed by atoms with Crippen LogP contribution in [-0.2, 0) is 20.6 Å². The minimum Gasteiger partial charge on any atom is -0.342 e. The van der Waals surface area contributed by atoms with Gasteiger partial charge in [-0.15, -0.1) is 0 Å². The first-order valence-electron chi connectivity index (χ1n) is 8.63. The molecule has 8 heteroatoms. The molecule has 3 aromatic rings. The van der Waals surface area contributed by atoms with Crippen molar-refractivity contribution in [3.63, 3.8) is 0 Å². The second-order valence-electron chi connectivity index (χ2n) is 6.70. The first-order valence-corrected chi connectivity index (χ1v) is 9.42. The van der Waals surface area contributed by atoms with Gasteiger partial charge >= 0.3 is 5.69 Å². The van der Waals surface area contributed by atoms with Crippen molar-refractivity contribution >= 4 is 33.0 Å². The van der Waals surface area contributed by atoms with Crippen LogP contribution in [0.4, 0.5) is 5.95 Å². The Labute approximate surface area is 158 Å². The van der Waals surface area contributed by atoms with Crippen molar-refractivity contribution in [2.75, 3.05) is 18.0 Å². The summed E-state index contributed by atoms with van der Waals surface area (Å²) in [6.07, 6.45) is 2.22. The number of aromatic nitrogens is 4. The SMILES string of the molecule is Cn1c(=O)c2c(nc(N3CCCC3)n2Cc2cccc(Br)c2)n(C)c1=O. The van der Waals surface area contributed by atoms with E-state index in [4.69, 9.17) is 4.98 Å². The van der Waals surface area contributed by atoms with Gasteiger partial charge < -0.3 is 4.90 Å². The molecular weight excluding hydrogens is 398 g/mol. The minimum absolute atomic E-state index is 0.309. The normalized spacial score (nSPS) is 14.5. The van der Waals surface area contributed by atoms with E-state index in [1.54, 1.807) is 7.05 Å². The maximum absolute atomic E-state index is 12.9. The third-order valence-corrected chi connectivity index (χ3v) is 5.44. The number of hydrogen-bond donors (Lipinski definition) is 0. The molecule has 1 aromatic carbocycles. The Morgan fingerprint density at radius 2 is 1.85 bits per heavy atom. The lowest BCUT2D eigenvalue weighted by Crippen LogP contribution is -2.37. The van der Waals surface area contributed by atoms with Gasteiger partial charge in [0.2, 0.25) is 5.95 Å². The zero-order chi connectivity index (χ0) is 18.4. The monoisotopic (exact) mass is 417 g/mol. The van der Waals surface area contributed by atoms with E-state index >= 15 is 0 Å². The molecule has 1 fully saturated rings. The first-order chi connectivity index (χ1) is 12.5. The van der Waals surface area contributed by atoms with E-state index in [2.05, 4.69) is 20.8 Å². The average Bonchev–Trinajstić information content (AvgIpc) is 3.26. The number of nitrogens with zero attached hydrogens (tertiary/aromatic N) is 5. The summed E-state index contributed by atoms with van der Waals surface area (Å²) in [4.78, 5) is 32.1. The molecule has 0 N–H and O–H groups in total. The molecule has 0 aliphatic carbocycles. The first kappa shape index (κ1) is 17.1. The van der Waals surface area contributed by atoms with Gasteiger partial charge in [0.25, 0.3) is 5.56 Å². The number of fused-ring (bicyclic) bond motifs is 1. The summed E-state index contributed by atoms with van der Waals surface area (Å²) < 4.78 is 5.54. The molecule has 0 radical (unpaired) electrons. The Hall–Kier alpha value is -2.35. The average molecular weight is 418 g/mol. The highest BCUT2D eigenvalue weighted by Crippen LogP contribution is 2.25. The third-order valence-electron chi connectivity index (χ3n) is 4.95. The van der Waals surface area contributed by atoms with Gasteiger partial charge in [0.1, 0.15) is 0 Å². The number of rotatable bonds is 3. The molecule has 0 bridgehead atoms. The highest BCUT2D eigenvalue weighted by atomic mass is 79.9. The van der Waals surface area contributed by atoms with Crippen LogP contribution in [0.15, 0.2) is 38.3 Å². The summed E-state index contributed by atoms with van der Waals surface area (Å²) in [5.41, 5.74) is 1.31. The number of hydrogen-bond acceptors (Lipinski definition) is 4. The smallest absolute Gasteiger partial charge is 0.332 e. The molecule has 1 saturated heterocycles. The summed E-state index contributed by atoms with van der Waals surface area (Å²) in [6, 6.07) is 8.00. The fourth-order valence-corrected chi connectivity index (χ4v) is 4.01. The van der Waals surface area contributed by atoms with Gasteiger partial charge in [-0.05, 0) is 30.5 Å². The number of anilines is 1. The zero-order valence-corrected chi connectivity index (χ0v) is 16.4. The van der Waals surface area contributed by atoms with Crippen LogP contribution in [0.3, 0.4) is 0 Å². The molecule has 0 amide bonds. The molecule has 0 unspecified atom stereocenters. The fourth-order valence-electron chi connectivity index (χ4n) is 3.56. The molecule has 136 valence electrons. The van der Waals surface area contributed by atoms with Crippen LogP contribution < -0.4 is 16.1 Å². The number of aryl methyl sites for hydroxylation is 1. The number of imidazole rings is 1. The van der Waals surface area contributed by atoms with Gasteiger partial charge in [0.05, 0.1) is 6.54 Å². The quantitative estimate of drug-likeness (QED) is 0.651. The van der Waals surface area contributed by atoms with Crippen molar-refractivity contribution in [3.8, 4) is 0 Å². The van der Waals surface area contributed by atoms with Crippen LogP contribution in [0, 0.1) is 0 Å². The Morgan fingerprint density at radius 1 is 1.12 bits per heavy atom. The highest BCUT2D eigenvalue weighted by Gasteiger charge is 2.24. The van der Waals surface area contributed by atoms with Crippen molar-refractivity contribution < 1.29 is 0 Å². The van der Waals surface area contributed by atoms with E-state index in [-0.39, 0.29) is 11.2 Å². The molecule has 26 heavy (non-hydrogen) atoms. The van der Waals surface area contributed by atoms with Crippen LogP contribution in [0.2, 0.25) is 0 Å². The largest absolute Gasteiger partial charge is 0.342 e. The minimum atomic E-state index is -0.359. The fraction of sp³-hybridized carbons (Fsp3) is 0.389. The zero-order valence-electron chi connectivity index (χ0n) is 14.8. The summed E-state index contributed by atoms with van der Waals surface area (Å²) in [5.74, 6) is 0.760. The molecule has 4 rings (SSSR count). The topological polar surface area (TPSA) is 65.1 Å². The molecule has 3 heterocycles. The van der Waals surface area contributed by atoms with Crippen LogP contribution in [-0.4, -0.2) is 31.8 Å². The van der Waals surface area contributed by atoms with Crippen molar-refractivity contribution in [2.24, 2.45) is 14.1 Å². The van der Waals surface area contributed by atoms with Gasteiger partial charge in [-0.3, -0.25) is 18.5 Å². The van der Waals surface area contributed by atoms with E-state index in [1.807, 2.05) is 28.8 Å². The molecule has 0 spiro atoms. The Morgan fingerprint density at radius 3 is 2.54 bits per heavy atom. The second-order valence-corrected chi connectivity index (χ2v) is 7.62. The summed E-state index contributed by atoms with van der Waals surface area (Å²) in [6.45, 7) is 2.35. The van der Waals surface area contributed by atoms with Crippen molar-refractivity contribution in [3.05, 3.63) is 55.1 Å². The standard InChI is InChI=1S/C18H20BrN5O2/c1-21-15-14(16(25)22(2)18(21)26)24(11-12-6-5-7-13(19)10-12)17(20-15)23-8-3-4-9-23/h5-7,10H,3-4,8-9,11H2,1-2H3.